The predicted octanol–water partition coefficient (Wildman–Crippen LogP) is 4.60. The fraction of sp³-hybridized carbons (Fsp3) is 0.526. The van der Waals surface area contributed by atoms with E-state index in [9.17, 15) is 4.79 Å². The summed E-state index contributed by atoms with van der Waals surface area (Å²) in [4.78, 5) is 16.1. The maximum absolute atomic E-state index is 10.9. The van der Waals surface area contributed by atoms with Gasteiger partial charge in [-0.05, 0) is 41.3 Å². The van der Waals surface area contributed by atoms with Crippen molar-refractivity contribution < 1.29 is 24.9 Å². The SMILES string of the molecule is C=CCCO.C[Si](C)(C)N=[N+]=[N-].O=C1OC(O)c2ccccc21.[N-]=[N+]=NCCCCO. The monoisotopic (exact) mass is 452 g/mol. The van der Waals surface area contributed by atoms with Crippen molar-refractivity contribution in [3.05, 3.63) is 68.9 Å². The van der Waals surface area contributed by atoms with Crippen molar-refractivity contribution in [2.45, 2.75) is 45.2 Å². The van der Waals surface area contributed by atoms with E-state index in [-0.39, 0.29) is 13.2 Å². The Morgan fingerprint density at radius 2 is 1.81 bits per heavy atom. The second-order valence-corrected chi connectivity index (χ2v) is 11.4. The molecular formula is C19H32N6O5Si. The van der Waals surface area contributed by atoms with E-state index < -0.39 is 20.5 Å². The standard InChI is InChI=1S/C8H6O3.C4H9N3O.C4H8O.C3H9N3Si/c9-7-5-3-1-2-4-6(5)8(10)11-7;5-7-6-3-1-2-4-8;1-2-3-4-5;1-7(2,3)6-5-4/h1-4,7,9H;8H,1-4H2;2,5H,1,3-4H2;1-3H3. The molecular weight excluding hydrogens is 420 g/mol. The number of unbranched alkanes of at least 4 members (excludes halogenated alkanes) is 1. The Balaban J connectivity index is 0. The number of aliphatic hydroxyl groups is 3. The summed E-state index contributed by atoms with van der Waals surface area (Å²) in [6.07, 6.45) is 2.82. The van der Waals surface area contributed by atoms with Gasteiger partial charge < -0.3 is 20.1 Å². The van der Waals surface area contributed by atoms with Crippen LogP contribution in [0.4, 0.5) is 0 Å². The van der Waals surface area contributed by atoms with Crippen molar-refractivity contribution >= 4 is 14.2 Å². The van der Waals surface area contributed by atoms with Crippen molar-refractivity contribution in [1.29, 1.82) is 0 Å². The zero-order valence-corrected chi connectivity index (χ0v) is 19.3. The molecule has 0 radical (unpaired) electrons. The minimum atomic E-state index is -1.45. The lowest BCUT2D eigenvalue weighted by Gasteiger charge is -2.01. The summed E-state index contributed by atoms with van der Waals surface area (Å²) < 4.78 is 8.12. The molecule has 0 amide bonds. The van der Waals surface area contributed by atoms with Crippen LogP contribution in [0.15, 0.2) is 46.8 Å². The molecule has 0 fully saturated rings. The number of cyclic esters (lactones) is 1. The molecule has 1 unspecified atom stereocenters. The lowest BCUT2D eigenvalue weighted by atomic mass is 10.1. The number of benzene rings is 1. The first kappa shape index (κ1) is 30.3. The van der Waals surface area contributed by atoms with E-state index in [0.717, 1.165) is 12.8 Å². The molecule has 0 saturated heterocycles. The summed E-state index contributed by atoms with van der Waals surface area (Å²) in [5, 5.41) is 28.6. The van der Waals surface area contributed by atoms with Crippen molar-refractivity contribution in [2.75, 3.05) is 19.8 Å². The fourth-order valence-electron chi connectivity index (χ4n) is 1.69. The highest BCUT2D eigenvalue weighted by atomic mass is 28.3. The van der Waals surface area contributed by atoms with Crippen LogP contribution in [0.25, 0.3) is 20.9 Å². The number of ether oxygens (including phenoxy) is 1. The molecule has 1 aliphatic heterocycles. The Hall–Kier alpha value is -2.85. The first-order valence-corrected chi connectivity index (χ1v) is 13.0. The quantitative estimate of drug-likeness (QED) is 0.104. The highest BCUT2D eigenvalue weighted by Gasteiger charge is 2.28. The molecule has 12 heteroatoms. The summed E-state index contributed by atoms with van der Waals surface area (Å²) in [5.41, 5.74) is 16.7. The van der Waals surface area contributed by atoms with Gasteiger partial charge in [0.25, 0.3) is 0 Å². The third kappa shape index (κ3) is 17.7. The van der Waals surface area contributed by atoms with Gasteiger partial charge in [0.15, 0.2) is 0 Å². The Morgan fingerprint density at radius 1 is 1.16 bits per heavy atom. The smallest absolute Gasteiger partial charge is 0.341 e. The number of aliphatic hydroxyl groups excluding tert-OH is 3. The molecule has 0 aromatic heterocycles. The average Bonchev–Trinajstić information content (AvgIpc) is 3.01. The van der Waals surface area contributed by atoms with E-state index >= 15 is 0 Å². The molecule has 0 spiro atoms. The first-order valence-electron chi connectivity index (χ1n) is 9.56. The molecule has 1 aromatic carbocycles. The zero-order chi connectivity index (χ0) is 24.1. The number of nitrogens with zero attached hydrogens (tertiary/aromatic N) is 6. The number of rotatable bonds is 7. The normalized spacial score (nSPS) is 13.1. The Kier molecular flexibility index (Phi) is 18.7. The van der Waals surface area contributed by atoms with Gasteiger partial charge >= 0.3 is 5.97 Å². The molecule has 1 atom stereocenters. The van der Waals surface area contributed by atoms with Crippen LogP contribution < -0.4 is 0 Å². The third-order valence-electron chi connectivity index (χ3n) is 3.07. The van der Waals surface area contributed by atoms with Gasteiger partial charge in [-0.3, -0.25) is 0 Å². The molecule has 0 saturated carbocycles. The van der Waals surface area contributed by atoms with E-state index in [1.54, 1.807) is 30.3 Å². The van der Waals surface area contributed by atoms with Crippen LogP contribution in [0.3, 0.4) is 0 Å². The van der Waals surface area contributed by atoms with E-state index in [1.807, 2.05) is 19.6 Å². The molecule has 1 aromatic rings. The van der Waals surface area contributed by atoms with Crippen molar-refractivity contribution in [2.24, 2.45) is 9.89 Å². The highest BCUT2D eigenvalue weighted by Crippen LogP contribution is 2.27. The van der Waals surface area contributed by atoms with Crippen LogP contribution in [0.5, 0.6) is 0 Å². The minimum Gasteiger partial charge on any atom is -0.428 e. The van der Waals surface area contributed by atoms with Gasteiger partial charge in [0.05, 0.1) is 5.56 Å². The lowest BCUT2D eigenvalue weighted by Crippen LogP contribution is -2.13. The van der Waals surface area contributed by atoms with Crippen molar-refractivity contribution in [3.63, 3.8) is 0 Å². The van der Waals surface area contributed by atoms with Crippen LogP contribution in [0.2, 0.25) is 19.6 Å². The summed E-state index contributed by atoms with van der Waals surface area (Å²) >= 11 is 0. The number of fused-ring (bicyclic) bond motifs is 1. The van der Waals surface area contributed by atoms with Crippen LogP contribution >= 0.6 is 0 Å². The molecule has 3 N–H and O–H groups in total. The minimum absolute atomic E-state index is 0.181. The van der Waals surface area contributed by atoms with E-state index in [0.29, 0.717) is 24.1 Å². The molecule has 172 valence electrons. The number of esters is 1. The molecule has 0 bridgehead atoms. The van der Waals surface area contributed by atoms with Crippen LogP contribution in [-0.2, 0) is 4.74 Å². The first-order chi connectivity index (χ1) is 14.7. The molecule has 2 rings (SSSR count). The van der Waals surface area contributed by atoms with E-state index in [1.165, 1.54) is 0 Å². The highest BCUT2D eigenvalue weighted by molar-refractivity contribution is 6.74. The van der Waals surface area contributed by atoms with Crippen LogP contribution in [-0.4, -0.2) is 49.3 Å². The average molecular weight is 453 g/mol. The summed E-state index contributed by atoms with van der Waals surface area (Å²) in [6, 6.07) is 6.79. The van der Waals surface area contributed by atoms with Gasteiger partial charge in [0, 0.05) is 30.2 Å². The summed E-state index contributed by atoms with van der Waals surface area (Å²) in [7, 11) is -1.45. The Morgan fingerprint density at radius 3 is 2.19 bits per heavy atom. The fourth-order valence-corrected chi connectivity index (χ4v) is 1.96. The summed E-state index contributed by atoms with van der Waals surface area (Å²) in [6.45, 7) is 10.3. The van der Waals surface area contributed by atoms with Gasteiger partial charge in [0.1, 0.15) is 8.24 Å². The Labute approximate surface area is 183 Å². The van der Waals surface area contributed by atoms with E-state index in [2.05, 4.69) is 31.0 Å². The Bertz CT molecular complexity index is 744. The second kappa shape index (κ2) is 19.1. The number of carbonyl (C=O) groups excluding carboxylic acids is 1. The van der Waals surface area contributed by atoms with Crippen LogP contribution in [0.1, 0.15) is 41.5 Å². The molecule has 0 aliphatic carbocycles. The maximum Gasteiger partial charge on any atom is 0.341 e. The van der Waals surface area contributed by atoms with Gasteiger partial charge in [-0.15, -0.1) is 11.4 Å². The van der Waals surface area contributed by atoms with Gasteiger partial charge in [0.2, 0.25) is 6.29 Å². The van der Waals surface area contributed by atoms with Gasteiger partial charge in [-0.2, -0.15) is 0 Å². The predicted molar refractivity (Wildman–Crippen MR) is 122 cm³/mol. The maximum atomic E-state index is 10.9. The lowest BCUT2D eigenvalue weighted by molar-refractivity contribution is -0.0547. The zero-order valence-electron chi connectivity index (χ0n) is 18.3. The number of azide groups is 2. The number of hydrogen-bond donors (Lipinski definition) is 3. The van der Waals surface area contributed by atoms with E-state index in [4.69, 9.17) is 26.4 Å². The topological polar surface area (TPSA) is 185 Å². The molecule has 31 heavy (non-hydrogen) atoms. The molecule has 11 nitrogen and oxygen atoms in total. The molecule has 1 aliphatic rings. The number of hydrogen-bond acceptors (Lipinski definition) is 7. The third-order valence-corrected chi connectivity index (χ3v) is 3.76. The second-order valence-electron chi connectivity index (χ2n) is 6.89. The van der Waals surface area contributed by atoms with Crippen LogP contribution in [0, 0.1) is 0 Å². The summed E-state index contributed by atoms with van der Waals surface area (Å²) in [5.74, 6) is -0.451. The van der Waals surface area contributed by atoms with Crippen molar-refractivity contribution in [3.8, 4) is 0 Å². The largest absolute Gasteiger partial charge is 0.428 e. The number of carbonyl (C=O) groups is 1. The van der Waals surface area contributed by atoms with Gasteiger partial charge in [-0.25, -0.2) is 4.79 Å². The molecule has 1 heterocycles. The van der Waals surface area contributed by atoms with Gasteiger partial charge in [-0.1, -0.05) is 49.0 Å². The van der Waals surface area contributed by atoms with Crippen molar-refractivity contribution in [1.82, 2.24) is 0 Å².